The van der Waals surface area contributed by atoms with Gasteiger partial charge in [0, 0.05) is 11.3 Å². The molecule has 0 radical (unpaired) electrons. The maximum Gasteiger partial charge on any atom is 0.257 e. The predicted molar refractivity (Wildman–Crippen MR) is 106 cm³/mol. The summed E-state index contributed by atoms with van der Waals surface area (Å²) in [6.07, 6.45) is 1.09. The van der Waals surface area contributed by atoms with Crippen LogP contribution >= 0.6 is 12.2 Å². The number of rotatable bonds is 4. The van der Waals surface area contributed by atoms with Gasteiger partial charge in [-0.1, -0.05) is 26.0 Å². The molecule has 0 saturated carbocycles. The van der Waals surface area contributed by atoms with Crippen LogP contribution in [0.5, 0.6) is 11.5 Å². The molecule has 1 heterocycles. The normalized spacial score (nSPS) is 13.6. The zero-order valence-electron chi connectivity index (χ0n) is 14.9. The van der Waals surface area contributed by atoms with Gasteiger partial charge in [0.1, 0.15) is 13.2 Å². The molecule has 1 aliphatic rings. The van der Waals surface area contributed by atoms with Crippen LogP contribution in [0.3, 0.4) is 0 Å². The van der Waals surface area contributed by atoms with E-state index in [4.69, 9.17) is 21.7 Å². The number of amides is 1. The van der Waals surface area contributed by atoms with Gasteiger partial charge in [-0.05, 0) is 60.5 Å². The minimum Gasteiger partial charge on any atom is -0.486 e. The first kappa shape index (κ1) is 18.2. The molecule has 0 bridgehead atoms. The number of carbonyl (C=O) groups is 1. The lowest BCUT2D eigenvalue weighted by Gasteiger charge is -2.18. The average molecular weight is 370 g/mol. The van der Waals surface area contributed by atoms with E-state index in [0.29, 0.717) is 36.2 Å². The molecule has 0 unspecified atom stereocenters. The van der Waals surface area contributed by atoms with Crippen LogP contribution in [0.1, 0.15) is 42.1 Å². The summed E-state index contributed by atoms with van der Waals surface area (Å²) in [5, 5.41) is 5.97. The molecule has 0 aliphatic carbocycles. The Morgan fingerprint density at radius 2 is 1.81 bits per heavy atom. The summed E-state index contributed by atoms with van der Waals surface area (Å²) in [5.41, 5.74) is 2.58. The second-order valence-corrected chi connectivity index (χ2v) is 6.61. The Balaban J connectivity index is 1.60. The largest absolute Gasteiger partial charge is 0.486 e. The molecule has 0 aromatic heterocycles. The third-order valence-corrected chi connectivity index (χ3v) is 4.59. The first-order valence-corrected chi connectivity index (χ1v) is 9.09. The van der Waals surface area contributed by atoms with E-state index in [0.717, 1.165) is 12.1 Å². The van der Waals surface area contributed by atoms with Crippen molar-refractivity contribution in [3.05, 3.63) is 53.6 Å². The van der Waals surface area contributed by atoms with Crippen molar-refractivity contribution in [3.8, 4) is 11.5 Å². The van der Waals surface area contributed by atoms with Crippen LogP contribution in [0.25, 0.3) is 0 Å². The molecule has 6 heteroatoms. The zero-order chi connectivity index (χ0) is 18.5. The Labute approximate surface area is 158 Å². The number of thiocarbonyl (C=S) groups is 1. The van der Waals surface area contributed by atoms with E-state index in [2.05, 4.69) is 36.6 Å². The summed E-state index contributed by atoms with van der Waals surface area (Å²) in [7, 11) is 0. The number of hydrogen-bond acceptors (Lipinski definition) is 4. The van der Waals surface area contributed by atoms with E-state index in [1.807, 2.05) is 12.1 Å². The summed E-state index contributed by atoms with van der Waals surface area (Å²) in [6.45, 7) is 5.35. The van der Waals surface area contributed by atoms with Crippen molar-refractivity contribution < 1.29 is 14.3 Å². The Morgan fingerprint density at radius 3 is 2.50 bits per heavy atom. The van der Waals surface area contributed by atoms with Gasteiger partial charge >= 0.3 is 0 Å². The summed E-state index contributed by atoms with van der Waals surface area (Å²) >= 11 is 5.24. The van der Waals surface area contributed by atoms with Gasteiger partial charge in [-0.15, -0.1) is 0 Å². The molecule has 0 fully saturated rings. The Hall–Kier alpha value is -2.60. The van der Waals surface area contributed by atoms with Gasteiger partial charge < -0.3 is 14.8 Å². The number of fused-ring (bicyclic) bond motifs is 1. The number of nitrogens with one attached hydrogen (secondary N) is 2. The lowest BCUT2D eigenvalue weighted by Crippen LogP contribution is -2.34. The zero-order valence-corrected chi connectivity index (χ0v) is 15.7. The number of benzene rings is 2. The van der Waals surface area contributed by atoms with E-state index in [9.17, 15) is 4.79 Å². The third-order valence-electron chi connectivity index (χ3n) is 4.38. The Bertz CT molecular complexity index is 805. The van der Waals surface area contributed by atoms with Gasteiger partial charge in [0.05, 0.1) is 0 Å². The molecular formula is C20H22N2O3S. The quantitative estimate of drug-likeness (QED) is 0.794. The molecule has 0 spiro atoms. The molecule has 3 rings (SSSR count). The number of hydrogen-bond donors (Lipinski definition) is 2. The van der Waals surface area contributed by atoms with Crippen molar-refractivity contribution in [2.24, 2.45) is 0 Å². The fraction of sp³-hybridized carbons (Fsp3) is 0.300. The monoisotopic (exact) mass is 370 g/mol. The first-order valence-electron chi connectivity index (χ1n) is 8.68. The van der Waals surface area contributed by atoms with Crippen molar-refractivity contribution in [3.63, 3.8) is 0 Å². The van der Waals surface area contributed by atoms with Crippen LogP contribution in [-0.2, 0) is 0 Å². The standard InChI is InChI=1S/C20H22N2O3S/c1-3-13(2)14-4-7-16(8-5-14)21-20(26)22-19(23)15-6-9-17-18(12-15)25-11-10-24-17/h4-9,12-13H,3,10-11H2,1-2H3,(H2,21,22,23,26)/t13-/m0/s1. The number of anilines is 1. The van der Waals surface area contributed by atoms with Crippen molar-refractivity contribution in [2.45, 2.75) is 26.2 Å². The smallest absolute Gasteiger partial charge is 0.257 e. The van der Waals surface area contributed by atoms with Crippen LogP contribution in [0, 0.1) is 0 Å². The summed E-state index contributed by atoms with van der Waals surface area (Å²) in [6, 6.07) is 13.1. The SMILES string of the molecule is CC[C@H](C)c1ccc(NC(=S)NC(=O)c2ccc3c(c2)OCCO3)cc1. The maximum atomic E-state index is 12.4. The van der Waals surface area contributed by atoms with E-state index in [1.165, 1.54) is 5.56 Å². The van der Waals surface area contributed by atoms with Gasteiger partial charge in [-0.3, -0.25) is 10.1 Å². The summed E-state index contributed by atoms with van der Waals surface area (Å²) in [5.74, 6) is 1.44. The van der Waals surface area contributed by atoms with Crippen molar-refractivity contribution in [1.82, 2.24) is 5.32 Å². The lowest BCUT2D eigenvalue weighted by atomic mass is 9.99. The molecule has 1 amide bonds. The van der Waals surface area contributed by atoms with E-state index in [-0.39, 0.29) is 11.0 Å². The molecule has 5 nitrogen and oxygen atoms in total. The maximum absolute atomic E-state index is 12.4. The van der Waals surface area contributed by atoms with Crippen molar-refractivity contribution in [1.29, 1.82) is 0 Å². The molecule has 1 atom stereocenters. The van der Waals surface area contributed by atoms with Gasteiger partial charge in [0.25, 0.3) is 5.91 Å². The fourth-order valence-corrected chi connectivity index (χ4v) is 2.86. The van der Waals surface area contributed by atoms with Crippen LogP contribution in [0.15, 0.2) is 42.5 Å². The van der Waals surface area contributed by atoms with Crippen LogP contribution in [-0.4, -0.2) is 24.2 Å². The summed E-state index contributed by atoms with van der Waals surface area (Å²) < 4.78 is 11.0. The van der Waals surface area contributed by atoms with Crippen molar-refractivity contribution >= 4 is 28.9 Å². The molecule has 2 N–H and O–H groups in total. The minimum atomic E-state index is -0.296. The second-order valence-electron chi connectivity index (χ2n) is 6.20. The van der Waals surface area contributed by atoms with Crippen LogP contribution in [0.4, 0.5) is 5.69 Å². The van der Waals surface area contributed by atoms with Gasteiger partial charge in [-0.25, -0.2) is 0 Å². The number of carbonyl (C=O) groups excluding carboxylic acids is 1. The minimum absolute atomic E-state index is 0.251. The van der Waals surface area contributed by atoms with Gasteiger partial charge in [-0.2, -0.15) is 0 Å². The van der Waals surface area contributed by atoms with E-state index < -0.39 is 0 Å². The molecule has 2 aromatic rings. The second kappa shape index (κ2) is 8.19. The lowest BCUT2D eigenvalue weighted by molar-refractivity contribution is 0.0976. The molecule has 136 valence electrons. The summed E-state index contributed by atoms with van der Waals surface area (Å²) in [4.78, 5) is 12.4. The molecule has 1 aliphatic heterocycles. The van der Waals surface area contributed by atoms with Crippen LogP contribution < -0.4 is 20.1 Å². The fourth-order valence-electron chi connectivity index (χ4n) is 2.65. The highest BCUT2D eigenvalue weighted by atomic mass is 32.1. The third kappa shape index (κ3) is 4.32. The van der Waals surface area contributed by atoms with Gasteiger partial charge in [0.15, 0.2) is 16.6 Å². The molecule has 2 aromatic carbocycles. The Kier molecular flexibility index (Phi) is 5.73. The topological polar surface area (TPSA) is 59.6 Å². The average Bonchev–Trinajstić information content (AvgIpc) is 2.67. The highest BCUT2D eigenvalue weighted by Gasteiger charge is 2.15. The van der Waals surface area contributed by atoms with Gasteiger partial charge in [0.2, 0.25) is 0 Å². The predicted octanol–water partition coefficient (Wildman–Crippen LogP) is 4.10. The molecule has 0 saturated heterocycles. The highest BCUT2D eigenvalue weighted by Crippen LogP contribution is 2.30. The van der Waals surface area contributed by atoms with Crippen molar-refractivity contribution in [2.75, 3.05) is 18.5 Å². The van der Waals surface area contributed by atoms with Crippen LogP contribution in [0.2, 0.25) is 0 Å². The Morgan fingerprint density at radius 1 is 1.12 bits per heavy atom. The van der Waals surface area contributed by atoms with E-state index >= 15 is 0 Å². The number of ether oxygens (including phenoxy) is 2. The molecule has 26 heavy (non-hydrogen) atoms. The first-order chi connectivity index (χ1) is 12.6. The molecular weight excluding hydrogens is 348 g/mol. The highest BCUT2D eigenvalue weighted by molar-refractivity contribution is 7.80. The van der Waals surface area contributed by atoms with E-state index in [1.54, 1.807) is 18.2 Å².